The van der Waals surface area contributed by atoms with Crippen LogP contribution in [0.4, 0.5) is 5.13 Å². The molecule has 1 amide bonds. The van der Waals surface area contributed by atoms with Gasteiger partial charge in [0.15, 0.2) is 5.13 Å². The minimum Gasteiger partial charge on any atom is -0.463 e. The number of carbonyl (C=O) groups is 2. The van der Waals surface area contributed by atoms with Crippen molar-refractivity contribution in [2.75, 3.05) is 18.5 Å². The molecule has 1 N–H and O–H groups in total. The summed E-state index contributed by atoms with van der Waals surface area (Å²) in [7, 11) is 0. The molecule has 1 aliphatic heterocycles. The Balaban J connectivity index is 1.57. The van der Waals surface area contributed by atoms with Gasteiger partial charge in [0, 0.05) is 18.2 Å². The van der Waals surface area contributed by atoms with E-state index in [-0.39, 0.29) is 24.6 Å². The van der Waals surface area contributed by atoms with Gasteiger partial charge < -0.3 is 14.8 Å². The summed E-state index contributed by atoms with van der Waals surface area (Å²) in [5.41, 5.74) is 0. The molecule has 1 saturated heterocycles. The zero-order valence-electron chi connectivity index (χ0n) is 12.8. The van der Waals surface area contributed by atoms with Crippen LogP contribution in [-0.4, -0.2) is 36.2 Å². The summed E-state index contributed by atoms with van der Waals surface area (Å²) in [4.78, 5) is 28.8. The molecule has 0 unspecified atom stereocenters. The van der Waals surface area contributed by atoms with Crippen molar-refractivity contribution in [3.05, 3.63) is 23.7 Å². The molecular formula is C16H20N2O4S. The summed E-state index contributed by atoms with van der Waals surface area (Å²) in [6.45, 7) is 1.01. The molecule has 2 heterocycles. The number of nitrogens with zero attached hydrogens (tertiary/aromatic N) is 1. The Hall–Kier alpha value is -1.73. The molecule has 124 valence electrons. The summed E-state index contributed by atoms with van der Waals surface area (Å²) >= 11 is 1.36. The number of esters is 1. The number of rotatable bonds is 5. The van der Waals surface area contributed by atoms with Crippen LogP contribution in [0.1, 0.15) is 25.7 Å². The maximum Gasteiger partial charge on any atom is 0.310 e. The first-order chi connectivity index (χ1) is 11.2. The second-order valence-corrected chi connectivity index (χ2v) is 6.64. The second kappa shape index (κ2) is 7.70. The maximum atomic E-state index is 12.4. The van der Waals surface area contributed by atoms with Crippen LogP contribution in [0.3, 0.4) is 0 Å². The monoisotopic (exact) mass is 336 g/mol. The lowest BCUT2D eigenvalue weighted by Crippen LogP contribution is -2.36. The standard InChI is InChI=1S/C16H20N2O4S/c19-14(18-16-17-7-9-23-16)12-5-1-2-6-13(12)15(20)22-10-11-4-3-8-21-11/h1-2,7,9,11-13H,3-6,8,10H2,(H,17,18,19)/t11-,12+,13+/m1/s1. The van der Waals surface area contributed by atoms with Gasteiger partial charge in [-0.15, -0.1) is 11.3 Å². The first-order valence-electron chi connectivity index (χ1n) is 7.87. The molecule has 0 aromatic carbocycles. The van der Waals surface area contributed by atoms with Crippen LogP contribution >= 0.6 is 11.3 Å². The number of hydrogen-bond acceptors (Lipinski definition) is 6. The minimum atomic E-state index is -0.443. The second-order valence-electron chi connectivity index (χ2n) is 5.75. The molecule has 3 rings (SSSR count). The Kier molecular flexibility index (Phi) is 5.40. The van der Waals surface area contributed by atoms with E-state index in [0.29, 0.717) is 18.0 Å². The lowest BCUT2D eigenvalue weighted by atomic mass is 9.82. The van der Waals surface area contributed by atoms with E-state index in [2.05, 4.69) is 10.3 Å². The van der Waals surface area contributed by atoms with Crippen LogP contribution in [-0.2, 0) is 19.1 Å². The summed E-state index contributed by atoms with van der Waals surface area (Å²) < 4.78 is 10.8. The number of allylic oxidation sites excluding steroid dienone is 2. The quantitative estimate of drug-likeness (QED) is 0.660. The van der Waals surface area contributed by atoms with E-state index in [4.69, 9.17) is 9.47 Å². The molecule has 0 spiro atoms. The van der Waals surface area contributed by atoms with E-state index in [1.165, 1.54) is 11.3 Å². The number of anilines is 1. The molecule has 0 bridgehead atoms. The maximum absolute atomic E-state index is 12.4. The summed E-state index contributed by atoms with van der Waals surface area (Å²) in [5.74, 6) is -1.35. The predicted octanol–water partition coefficient (Wildman–Crippen LogP) is 2.39. The predicted molar refractivity (Wildman–Crippen MR) is 86.0 cm³/mol. The Labute approximate surface area is 138 Å². The minimum absolute atomic E-state index is 0.000628. The fraction of sp³-hybridized carbons (Fsp3) is 0.562. The number of nitrogens with one attached hydrogen (secondary N) is 1. The highest BCUT2D eigenvalue weighted by atomic mass is 32.1. The zero-order chi connectivity index (χ0) is 16.1. The van der Waals surface area contributed by atoms with Crippen molar-refractivity contribution in [2.24, 2.45) is 11.8 Å². The van der Waals surface area contributed by atoms with Crippen LogP contribution in [0.2, 0.25) is 0 Å². The van der Waals surface area contributed by atoms with Crippen molar-refractivity contribution in [1.29, 1.82) is 0 Å². The summed E-state index contributed by atoms with van der Waals surface area (Å²) in [6.07, 6.45) is 8.51. The van der Waals surface area contributed by atoms with Crippen LogP contribution < -0.4 is 5.32 Å². The number of ether oxygens (including phenoxy) is 2. The highest BCUT2D eigenvalue weighted by Crippen LogP contribution is 2.28. The van der Waals surface area contributed by atoms with Gasteiger partial charge in [0.2, 0.25) is 5.91 Å². The number of hydrogen-bond donors (Lipinski definition) is 1. The molecule has 2 aliphatic rings. The van der Waals surface area contributed by atoms with Gasteiger partial charge in [0.1, 0.15) is 6.61 Å². The van der Waals surface area contributed by atoms with E-state index in [9.17, 15) is 9.59 Å². The van der Waals surface area contributed by atoms with E-state index < -0.39 is 11.8 Å². The largest absolute Gasteiger partial charge is 0.463 e. The molecule has 0 saturated carbocycles. The molecule has 7 heteroatoms. The van der Waals surface area contributed by atoms with Gasteiger partial charge in [-0.05, 0) is 25.7 Å². The Bertz CT molecular complexity index is 567. The Morgan fingerprint density at radius 1 is 1.35 bits per heavy atom. The molecule has 0 radical (unpaired) electrons. The Morgan fingerprint density at radius 3 is 2.87 bits per heavy atom. The van der Waals surface area contributed by atoms with E-state index in [1.807, 2.05) is 12.2 Å². The lowest BCUT2D eigenvalue weighted by molar-refractivity contribution is -0.155. The first-order valence-corrected chi connectivity index (χ1v) is 8.75. The highest BCUT2D eigenvalue weighted by molar-refractivity contribution is 7.13. The molecule has 1 aliphatic carbocycles. The van der Waals surface area contributed by atoms with Gasteiger partial charge in [0.25, 0.3) is 0 Å². The normalized spacial score (nSPS) is 26.9. The fourth-order valence-electron chi connectivity index (χ4n) is 2.91. The SMILES string of the molecule is O=C(Nc1nccs1)[C@H]1CC=CC[C@@H]1C(=O)OC[C@H]1CCCO1. The van der Waals surface area contributed by atoms with Gasteiger partial charge in [0.05, 0.1) is 17.9 Å². The van der Waals surface area contributed by atoms with Crippen LogP contribution in [0.25, 0.3) is 0 Å². The first kappa shape index (κ1) is 16.1. The van der Waals surface area contributed by atoms with Crippen LogP contribution in [0.15, 0.2) is 23.7 Å². The molecule has 1 aromatic heterocycles. The van der Waals surface area contributed by atoms with Crippen LogP contribution in [0, 0.1) is 11.8 Å². The average Bonchev–Trinajstić information content (AvgIpc) is 3.26. The third-order valence-electron chi connectivity index (χ3n) is 4.17. The van der Waals surface area contributed by atoms with Crippen LogP contribution in [0.5, 0.6) is 0 Å². The van der Waals surface area contributed by atoms with Crippen molar-refractivity contribution in [2.45, 2.75) is 31.8 Å². The van der Waals surface area contributed by atoms with Crippen molar-refractivity contribution in [3.8, 4) is 0 Å². The Morgan fingerprint density at radius 2 is 2.17 bits per heavy atom. The third-order valence-corrected chi connectivity index (χ3v) is 4.86. The smallest absolute Gasteiger partial charge is 0.310 e. The molecular weight excluding hydrogens is 316 g/mol. The van der Waals surface area contributed by atoms with Crippen molar-refractivity contribution < 1.29 is 19.1 Å². The van der Waals surface area contributed by atoms with E-state index >= 15 is 0 Å². The summed E-state index contributed by atoms with van der Waals surface area (Å²) in [6, 6.07) is 0. The number of thiazole rings is 1. The van der Waals surface area contributed by atoms with E-state index in [0.717, 1.165) is 19.4 Å². The number of carbonyl (C=O) groups excluding carboxylic acids is 2. The zero-order valence-corrected chi connectivity index (χ0v) is 13.6. The lowest BCUT2D eigenvalue weighted by Gasteiger charge is -2.26. The van der Waals surface area contributed by atoms with Gasteiger partial charge in [-0.25, -0.2) is 4.98 Å². The van der Waals surface area contributed by atoms with Gasteiger partial charge >= 0.3 is 5.97 Å². The third kappa shape index (κ3) is 4.17. The van der Waals surface area contributed by atoms with Crippen molar-refractivity contribution >= 4 is 28.3 Å². The topological polar surface area (TPSA) is 77.5 Å². The number of amides is 1. The van der Waals surface area contributed by atoms with Gasteiger partial charge in [-0.2, -0.15) is 0 Å². The molecule has 1 fully saturated rings. The molecule has 23 heavy (non-hydrogen) atoms. The molecule has 1 aromatic rings. The summed E-state index contributed by atoms with van der Waals surface area (Å²) in [5, 5.41) is 5.12. The average molecular weight is 336 g/mol. The van der Waals surface area contributed by atoms with E-state index in [1.54, 1.807) is 11.6 Å². The van der Waals surface area contributed by atoms with Crippen molar-refractivity contribution in [3.63, 3.8) is 0 Å². The molecule has 3 atom stereocenters. The van der Waals surface area contributed by atoms with Crippen molar-refractivity contribution in [1.82, 2.24) is 4.98 Å². The number of aromatic nitrogens is 1. The molecule has 6 nitrogen and oxygen atoms in total. The van der Waals surface area contributed by atoms with Gasteiger partial charge in [-0.1, -0.05) is 12.2 Å². The van der Waals surface area contributed by atoms with Gasteiger partial charge in [-0.3, -0.25) is 9.59 Å². The fourth-order valence-corrected chi connectivity index (χ4v) is 3.44. The highest BCUT2D eigenvalue weighted by Gasteiger charge is 2.36.